The van der Waals surface area contributed by atoms with E-state index in [9.17, 15) is 4.79 Å². The largest absolute Gasteiger partial charge is 0.493 e. The summed E-state index contributed by atoms with van der Waals surface area (Å²) in [6, 6.07) is 8.28. The monoisotopic (exact) mass is 249 g/mol. The zero-order chi connectivity index (χ0) is 13.0. The number of rotatable bonds is 5. The van der Waals surface area contributed by atoms with Gasteiger partial charge in [0.05, 0.1) is 6.61 Å². The molecule has 2 atom stereocenters. The molecular formula is C14H19NO3. The van der Waals surface area contributed by atoms with Crippen LogP contribution in [-0.4, -0.2) is 24.2 Å². The molecule has 0 spiro atoms. The first-order valence-corrected chi connectivity index (χ1v) is 6.35. The van der Waals surface area contributed by atoms with Crippen LogP contribution in [0.25, 0.3) is 0 Å². The molecule has 1 heterocycles. The summed E-state index contributed by atoms with van der Waals surface area (Å²) in [5.41, 5.74) is 1.17. The summed E-state index contributed by atoms with van der Waals surface area (Å²) in [6.45, 7) is 3.56. The number of hydrogen-bond donors (Lipinski definition) is 2. The van der Waals surface area contributed by atoms with Crippen molar-refractivity contribution >= 4 is 5.97 Å². The van der Waals surface area contributed by atoms with Crippen molar-refractivity contribution in [2.45, 2.75) is 25.8 Å². The number of carbonyl (C=O) groups is 1. The van der Waals surface area contributed by atoms with Gasteiger partial charge >= 0.3 is 5.97 Å². The Kier molecular flexibility index (Phi) is 4.20. The van der Waals surface area contributed by atoms with Crippen molar-refractivity contribution in [3.05, 3.63) is 29.8 Å². The fraction of sp³-hybridized carbons (Fsp3) is 0.500. The second-order valence-electron chi connectivity index (χ2n) is 4.76. The van der Waals surface area contributed by atoms with Crippen molar-refractivity contribution in [1.29, 1.82) is 0 Å². The lowest BCUT2D eigenvalue weighted by Gasteiger charge is -2.32. The minimum atomic E-state index is -0.739. The van der Waals surface area contributed by atoms with Gasteiger partial charge in [0.15, 0.2) is 0 Å². The normalized spacial score (nSPS) is 22.1. The van der Waals surface area contributed by atoms with Gasteiger partial charge in [-0.05, 0) is 19.0 Å². The summed E-state index contributed by atoms with van der Waals surface area (Å²) in [5, 5.41) is 12.1. The first-order valence-electron chi connectivity index (χ1n) is 6.35. The Hall–Kier alpha value is -1.55. The maximum Gasteiger partial charge on any atom is 0.303 e. The fourth-order valence-electron chi connectivity index (χ4n) is 2.30. The number of nitrogens with one attached hydrogen (secondary N) is 1. The minimum Gasteiger partial charge on any atom is -0.493 e. The molecule has 0 aliphatic carbocycles. The van der Waals surface area contributed by atoms with Crippen LogP contribution in [0.3, 0.4) is 0 Å². The predicted molar refractivity (Wildman–Crippen MR) is 68.7 cm³/mol. The molecule has 1 aliphatic rings. The molecule has 98 valence electrons. The molecule has 0 radical (unpaired) electrons. The zero-order valence-electron chi connectivity index (χ0n) is 10.6. The van der Waals surface area contributed by atoms with E-state index in [1.807, 2.05) is 18.2 Å². The summed E-state index contributed by atoms with van der Waals surface area (Å²) < 4.78 is 5.68. The molecule has 2 rings (SSSR count). The van der Waals surface area contributed by atoms with Crippen LogP contribution >= 0.6 is 0 Å². The van der Waals surface area contributed by atoms with Crippen molar-refractivity contribution in [3.8, 4) is 5.75 Å². The van der Waals surface area contributed by atoms with Crippen LogP contribution in [0.2, 0.25) is 0 Å². The number of ether oxygens (including phenoxy) is 1. The molecule has 1 aromatic carbocycles. The quantitative estimate of drug-likeness (QED) is 0.785. The lowest BCUT2D eigenvalue weighted by atomic mass is 9.92. The van der Waals surface area contributed by atoms with E-state index in [2.05, 4.69) is 18.3 Å². The maximum absolute atomic E-state index is 10.5. The van der Waals surface area contributed by atoms with Crippen LogP contribution in [0.1, 0.15) is 31.4 Å². The molecule has 0 aromatic heterocycles. The molecule has 0 amide bonds. The topological polar surface area (TPSA) is 58.6 Å². The van der Waals surface area contributed by atoms with Gasteiger partial charge in [-0.25, -0.2) is 0 Å². The first kappa shape index (κ1) is 12.9. The van der Waals surface area contributed by atoms with Crippen molar-refractivity contribution in [2.24, 2.45) is 5.92 Å². The average molecular weight is 249 g/mol. The summed E-state index contributed by atoms with van der Waals surface area (Å²) in [6.07, 6.45) is 0.869. The Morgan fingerprint density at radius 1 is 1.50 bits per heavy atom. The Balaban J connectivity index is 1.96. The molecule has 0 saturated heterocycles. The second-order valence-corrected chi connectivity index (χ2v) is 4.76. The smallest absolute Gasteiger partial charge is 0.303 e. The molecule has 2 unspecified atom stereocenters. The van der Waals surface area contributed by atoms with Crippen LogP contribution in [0.15, 0.2) is 24.3 Å². The van der Waals surface area contributed by atoms with E-state index >= 15 is 0 Å². The van der Waals surface area contributed by atoms with Gasteiger partial charge < -0.3 is 15.2 Å². The molecule has 0 fully saturated rings. The lowest BCUT2D eigenvalue weighted by Crippen LogP contribution is -2.34. The number of aliphatic carboxylic acids is 1. The van der Waals surface area contributed by atoms with E-state index < -0.39 is 5.97 Å². The van der Waals surface area contributed by atoms with Crippen LogP contribution in [0.4, 0.5) is 0 Å². The van der Waals surface area contributed by atoms with Gasteiger partial charge in [-0.1, -0.05) is 25.1 Å². The third-order valence-corrected chi connectivity index (χ3v) is 3.26. The molecule has 1 aliphatic heterocycles. The molecule has 0 bridgehead atoms. The first-order chi connectivity index (χ1) is 8.68. The van der Waals surface area contributed by atoms with Crippen molar-refractivity contribution in [1.82, 2.24) is 5.32 Å². The van der Waals surface area contributed by atoms with Gasteiger partial charge in [-0.3, -0.25) is 4.79 Å². The summed E-state index contributed by atoms with van der Waals surface area (Å²) in [7, 11) is 0. The Morgan fingerprint density at radius 3 is 3.06 bits per heavy atom. The van der Waals surface area contributed by atoms with Gasteiger partial charge in [0.2, 0.25) is 0 Å². The van der Waals surface area contributed by atoms with E-state index in [4.69, 9.17) is 9.84 Å². The van der Waals surface area contributed by atoms with E-state index in [1.165, 1.54) is 5.56 Å². The van der Waals surface area contributed by atoms with E-state index in [-0.39, 0.29) is 12.5 Å². The summed E-state index contributed by atoms with van der Waals surface area (Å²) in [4.78, 5) is 10.5. The van der Waals surface area contributed by atoms with Crippen molar-refractivity contribution in [3.63, 3.8) is 0 Å². The fourth-order valence-corrected chi connectivity index (χ4v) is 2.30. The molecule has 18 heavy (non-hydrogen) atoms. The SMILES string of the molecule is CC1COc2ccccc2C1NCCCC(=O)O. The van der Waals surface area contributed by atoms with Crippen molar-refractivity contribution in [2.75, 3.05) is 13.2 Å². The molecular weight excluding hydrogens is 230 g/mol. The van der Waals surface area contributed by atoms with Gasteiger partial charge in [-0.2, -0.15) is 0 Å². The Labute approximate surface area is 107 Å². The summed E-state index contributed by atoms with van der Waals surface area (Å²) in [5.74, 6) is 0.591. The van der Waals surface area contributed by atoms with Gasteiger partial charge in [0.1, 0.15) is 5.75 Å². The number of carboxylic acid groups (broad SMARTS) is 1. The number of carboxylic acids is 1. The number of para-hydroxylation sites is 1. The van der Waals surface area contributed by atoms with Crippen LogP contribution in [0, 0.1) is 5.92 Å². The maximum atomic E-state index is 10.5. The van der Waals surface area contributed by atoms with Gasteiger partial charge in [-0.15, -0.1) is 0 Å². The average Bonchev–Trinajstić information content (AvgIpc) is 2.36. The molecule has 2 N–H and O–H groups in total. The Morgan fingerprint density at radius 2 is 2.28 bits per heavy atom. The van der Waals surface area contributed by atoms with Crippen LogP contribution < -0.4 is 10.1 Å². The number of fused-ring (bicyclic) bond motifs is 1. The highest BCUT2D eigenvalue weighted by atomic mass is 16.5. The Bertz CT molecular complexity index is 419. The molecule has 0 saturated carbocycles. The third kappa shape index (κ3) is 3.01. The predicted octanol–water partition coefficient (Wildman–Crippen LogP) is 2.21. The van der Waals surface area contributed by atoms with Gasteiger partial charge in [0, 0.05) is 23.9 Å². The molecule has 4 nitrogen and oxygen atoms in total. The summed E-state index contributed by atoms with van der Waals surface area (Å²) >= 11 is 0. The highest BCUT2D eigenvalue weighted by Gasteiger charge is 2.26. The number of benzene rings is 1. The standard InChI is InChI=1S/C14H19NO3/c1-10-9-18-12-6-3-2-5-11(12)14(10)15-8-4-7-13(16)17/h2-3,5-6,10,14-15H,4,7-9H2,1H3,(H,16,17). The van der Waals surface area contributed by atoms with E-state index in [0.717, 1.165) is 12.3 Å². The lowest BCUT2D eigenvalue weighted by molar-refractivity contribution is -0.137. The highest BCUT2D eigenvalue weighted by Crippen LogP contribution is 2.34. The van der Waals surface area contributed by atoms with Gasteiger partial charge in [0.25, 0.3) is 0 Å². The van der Waals surface area contributed by atoms with E-state index in [0.29, 0.717) is 18.9 Å². The number of hydrogen-bond acceptors (Lipinski definition) is 3. The molecule has 1 aromatic rings. The van der Waals surface area contributed by atoms with E-state index in [1.54, 1.807) is 0 Å². The highest BCUT2D eigenvalue weighted by molar-refractivity contribution is 5.66. The zero-order valence-corrected chi connectivity index (χ0v) is 10.6. The third-order valence-electron chi connectivity index (χ3n) is 3.26. The second kappa shape index (κ2) is 5.87. The minimum absolute atomic E-state index is 0.215. The molecule has 4 heteroatoms. The van der Waals surface area contributed by atoms with Crippen LogP contribution in [-0.2, 0) is 4.79 Å². The van der Waals surface area contributed by atoms with Crippen molar-refractivity contribution < 1.29 is 14.6 Å². The van der Waals surface area contributed by atoms with Crippen LogP contribution in [0.5, 0.6) is 5.75 Å².